The Hall–Kier alpha value is -5.73. The van der Waals surface area contributed by atoms with Gasteiger partial charge in [-0.25, -0.2) is 9.79 Å². The lowest BCUT2D eigenvalue weighted by Crippen LogP contribution is -2.21. The molecule has 3 aromatic carbocycles. The molecule has 0 spiro atoms. The largest absolute Gasteiger partial charge is 0.494 e. The number of aliphatic imine (C=N–C) groups is 1. The van der Waals surface area contributed by atoms with E-state index < -0.39 is 17.1 Å². The van der Waals surface area contributed by atoms with E-state index in [9.17, 15) is 38.0 Å². The summed E-state index contributed by atoms with van der Waals surface area (Å²) in [5, 5.41) is 35.3. The lowest BCUT2D eigenvalue weighted by Gasteiger charge is -2.10. The molecule has 0 saturated heterocycles. The van der Waals surface area contributed by atoms with Crippen molar-refractivity contribution in [2.45, 2.75) is 33.1 Å². The average molecular weight is 614 g/mol. The molecule has 1 heterocycles. The second kappa shape index (κ2) is 14.0. The first-order chi connectivity index (χ1) is 20.6. The molecule has 0 unspecified atom stereocenters. The third kappa shape index (κ3) is 8.88. The summed E-state index contributed by atoms with van der Waals surface area (Å²) in [4.78, 5) is 50.0. The first-order valence-corrected chi connectivity index (χ1v) is 12.7. The zero-order valence-electron chi connectivity index (χ0n) is 23.2. The normalized spacial score (nSPS) is 11.3. The number of nitrogens with zero attached hydrogens (tertiary/aromatic N) is 2. The maximum absolute atomic E-state index is 11.4. The molecule has 1 aromatic heterocycles. The van der Waals surface area contributed by atoms with Crippen LogP contribution in [-0.2, 0) is 27.5 Å². The van der Waals surface area contributed by atoms with E-state index in [4.69, 9.17) is 14.9 Å². The van der Waals surface area contributed by atoms with Crippen LogP contribution in [-0.4, -0.2) is 49.8 Å². The fourth-order valence-electron chi connectivity index (χ4n) is 3.83. The van der Waals surface area contributed by atoms with Crippen molar-refractivity contribution < 1.29 is 42.7 Å². The number of carbonyl (C=O) groups is 3. The molecule has 5 N–H and O–H groups in total. The zero-order chi connectivity index (χ0) is 32.6. The monoisotopic (exact) mass is 613 g/mol. The maximum atomic E-state index is 11.4. The third-order valence-electron chi connectivity index (χ3n) is 5.94. The number of aromatic nitrogens is 1. The fourth-order valence-corrected chi connectivity index (χ4v) is 3.83. The number of amides is 2. The van der Waals surface area contributed by atoms with Crippen LogP contribution in [0.15, 0.2) is 71.7 Å². The smallest absolute Gasteiger partial charge is 0.490 e. The summed E-state index contributed by atoms with van der Waals surface area (Å²) in [5.41, 5.74) is 4.17. The van der Waals surface area contributed by atoms with Gasteiger partial charge in [-0.2, -0.15) is 13.2 Å². The summed E-state index contributed by atoms with van der Waals surface area (Å²) in [7, 11) is 0. The SMILES string of the molecule is CC(=O)NCc1ccc(N=C(c2ccc(CNC(C)=O)cc2)c2c(O)[nH]c3ccc([N+](=O)[O-])cc23)cc1.O=C(O)C(F)(F)F. The number of carbonyl (C=O) groups excluding carboxylic acids is 2. The van der Waals surface area contributed by atoms with Gasteiger partial charge in [0.2, 0.25) is 11.8 Å². The van der Waals surface area contributed by atoms with Gasteiger partial charge in [0.15, 0.2) is 5.88 Å². The number of aliphatic carboxylic acids is 1. The van der Waals surface area contributed by atoms with E-state index in [1.54, 1.807) is 18.2 Å². The van der Waals surface area contributed by atoms with Crippen LogP contribution >= 0.6 is 0 Å². The molecule has 0 atom stereocenters. The number of benzene rings is 3. The standard InChI is InChI=1S/C27H25N5O5.C2HF3O2/c1-16(33)28-14-18-3-7-20(8-4-18)26(30-21-9-5-19(6-10-21)15-29-17(2)34)25-23-13-22(32(36)37)11-12-24(23)31-27(25)35;3-2(4,5)1(6)7/h3-13,31,35H,14-15H2,1-2H3,(H,28,33)(H,29,34);(H,6,7). The number of fused-ring (bicyclic) bond motifs is 1. The number of nitro groups is 1. The van der Waals surface area contributed by atoms with Gasteiger partial charge in [0.25, 0.3) is 5.69 Å². The van der Waals surface area contributed by atoms with Crippen molar-refractivity contribution in [1.29, 1.82) is 0 Å². The van der Waals surface area contributed by atoms with Crippen molar-refractivity contribution in [2.75, 3.05) is 0 Å². The van der Waals surface area contributed by atoms with Gasteiger partial charge in [0, 0.05) is 55.5 Å². The molecule has 0 aliphatic rings. The highest BCUT2D eigenvalue weighted by Crippen LogP contribution is 2.33. The highest BCUT2D eigenvalue weighted by molar-refractivity contribution is 6.22. The third-order valence-corrected chi connectivity index (χ3v) is 5.94. The minimum Gasteiger partial charge on any atom is -0.494 e. The van der Waals surface area contributed by atoms with Gasteiger partial charge >= 0.3 is 12.1 Å². The Bertz CT molecular complexity index is 1710. The van der Waals surface area contributed by atoms with Crippen molar-refractivity contribution >= 4 is 45.8 Å². The van der Waals surface area contributed by atoms with Gasteiger partial charge in [-0.3, -0.25) is 19.7 Å². The summed E-state index contributed by atoms with van der Waals surface area (Å²) < 4.78 is 31.7. The second-order valence-corrected chi connectivity index (χ2v) is 9.28. The number of halogens is 3. The molecule has 4 aromatic rings. The number of carboxylic acid groups (broad SMARTS) is 1. The Morgan fingerprint density at radius 3 is 1.86 bits per heavy atom. The van der Waals surface area contributed by atoms with E-state index in [2.05, 4.69) is 15.6 Å². The van der Waals surface area contributed by atoms with Gasteiger partial charge in [-0.1, -0.05) is 36.4 Å². The molecule has 12 nitrogen and oxygen atoms in total. The van der Waals surface area contributed by atoms with E-state index in [0.717, 1.165) is 11.1 Å². The van der Waals surface area contributed by atoms with Crippen LogP contribution in [0.2, 0.25) is 0 Å². The number of hydrogen-bond acceptors (Lipinski definition) is 7. The highest BCUT2D eigenvalue weighted by atomic mass is 19.4. The van der Waals surface area contributed by atoms with Crippen molar-refractivity contribution in [3.05, 3.63) is 99.1 Å². The Balaban J connectivity index is 0.000000676. The second-order valence-electron chi connectivity index (χ2n) is 9.28. The molecule has 2 amide bonds. The number of aromatic amines is 1. The fraction of sp³-hybridized carbons (Fsp3) is 0.172. The maximum Gasteiger partial charge on any atom is 0.490 e. The van der Waals surface area contributed by atoms with Crippen molar-refractivity contribution in [3.8, 4) is 5.88 Å². The van der Waals surface area contributed by atoms with Gasteiger partial charge in [-0.05, 0) is 29.3 Å². The summed E-state index contributed by atoms with van der Waals surface area (Å²) in [6.45, 7) is 3.64. The number of non-ortho nitro benzene ring substituents is 1. The van der Waals surface area contributed by atoms with Crippen LogP contribution in [0.3, 0.4) is 0 Å². The van der Waals surface area contributed by atoms with Crippen LogP contribution in [0.1, 0.15) is 36.1 Å². The summed E-state index contributed by atoms with van der Waals surface area (Å²) in [5.74, 6) is -3.19. The number of hydrogen-bond donors (Lipinski definition) is 5. The molecule has 0 saturated carbocycles. The molecular weight excluding hydrogens is 587 g/mol. The van der Waals surface area contributed by atoms with Crippen molar-refractivity contribution in [2.24, 2.45) is 4.99 Å². The van der Waals surface area contributed by atoms with Crippen molar-refractivity contribution in [3.63, 3.8) is 0 Å². The molecule has 0 radical (unpaired) electrons. The number of nitrogens with one attached hydrogen (secondary N) is 3. The highest BCUT2D eigenvalue weighted by Gasteiger charge is 2.38. The first-order valence-electron chi connectivity index (χ1n) is 12.7. The zero-order valence-corrected chi connectivity index (χ0v) is 23.2. The van der Waals surface area contributed by atoms with Crippen LogP contribution in [0, 0.1) is 10.1 Å². The molecule has 230 valence electrons. The van der Waals surface area contributed by atoms with E-state index >= 15 is 0 Å². The van der Waals surface area contributed by atoms with Crippen molar-refractivity contribution in [1.82, 2.24) is 15.6 Å². The Labute approximate surface area is 247 Å². The number of aromatic hydroxyl groups is 1. The van der Waals surface area contributed by atoms with Gasteiger partial charge in [-0.15, -0.1) is 0 Å². The summed E-state index contributed by atoms with van der Waals surface area (Å²) in [6, 6.07) is 18.9. The lowest BCUT2D eigenvalue weighted by atomic mass is 9.99. The average Bonchev–Trinajstić information content (AvgIpc) is 3.29. The van der Waals surface area contributed by atoms with E-state index in [0.29, 0.717) is 46.5 Å². The van der Waals surface area contributed by atoms with Gasteiger partial charge in [0.05, 0.1) is 21.9 Å². The van der Waals surface area contributed by atoms with Crippen LogP contribution in [0.25, 0.3) is 10.9 Å². The molecule has 0 aliphatic carbocycles. The minimum atomic E-state index is -5.08. The molecule has 4 rings (SSSR count). The Morgan fingerprint density at radius 1 is 0.909 bits per heavy atom. The Morgan fingerprint density at radius 2 is 1.41 bits per heavy atom. The molecule has 0 fully saturated rings. The van der Waals surface area contributed by atoms with E-state index in [1.807, 2.05) is 36.4 Å². The van der Waals surface area contributed by atoms with Crippen LogP contribution in [0.5, 0.6) is 5.88 Å². The lowest BCUT2D eigenvalue weighted by molar-refractivity contribution is -0.384. The topological polar surface area (TPSA) is 187 Å². The van der Waals surface area contributed by atoms with Crippen LogP contribution < -0.4 is 10.6 Å². The van der Waals surface area contributed by atoms with Crippen LogP contribution in [0.4, 0.5) is 24.5 Å². The molecule has 44 heavy (non-hydrogen) atoms. The molecular formula is C29H26F3N5O7. The van der Waals surface area contributed by atoms with Gasteiger partial charge < -0.3 is 25.8 Å². The molecule has 0 bridgehead atoms. The number of carboxylic acids is 1. The number of nitro benzene ring substituents is 1. The predicted octanol–water partition coefficient (Wildman–Crippen LogP) is 4.86. The molecule has 0 aliphatic heterocycles. The van der Waals surface area contributed by atoms with E-state index in [-0.39, 0.29) is 23.4 Å². The summed E-state index contributed by atoms with van der Waals surface area (Å²) in [6.07, 6.45) is -5.08. The number of rotatable bonds is 8. The Kier molecular flexibility index (Phi) is 10.4. The number of H-pyrrole nitrogens is 1. The number of alkyl halides is 3. The molecule has 15 heteroatoms. The quantitative estimate of drug-likeness (QED) is 0.107. The first kappa shape index (κ1) is 32.8. The summed E-state index contributed by atoms with van der Waals surface area (Å²) >= 11 is 0. The predicted molar refractivity (Wildman–Crippen MR) is 154 cm³/mol. The minimum absolute atomic E-state index is 0.111. The van der Waals surface area contributed by atoms with E-state index in [1.165, 1.54) is 26.0 Å². The van der Waals surface area contributed by atoms with Gasteiger partial charge in [0.1, 0.15) is 0 Å².